The molecule has 0 aromatic heterocycles. The molecule has 0 bridgehead atoms. The Morgan fingerprint density at radius 1 is 0.602 bits per heavy atom. The van der Waals surface area contributed by atoms with Crippen LogP contribution in [0.4, 0.5) is 13.2 Å². The average molecular weight is 1480 g/mol. The second-order valence-corrected chi connectivity index (χ2v) is 31.6. The lowest BCUT2D eigenvalue weighted by Crippen LogP contribution is -2.64. The van der Waals surface area contributed by atoms with E-state index in [2.05, 4.69) is 16.0 Å². The molecule has 0 radical (unpaired) electrons. The Hall–Kier alpha value is -6.32. The van der Waals surface area contributed by atoms with Crippen LogP contribution in [-0.4, -0.2) is 277 Å². The maximum Gasteiger partial charge on any atom is 0.393 e. The third kappa shape index (κ3) is 23.6. The molecule has 25 nitrogen and oxygen atoms in total. The van der Waals surface area contributed by atoms with Gasteiger partial charge in [0.15, 0.2) is 0 Å². The number of nitrogens with zero attached hydrogens (tertiary/aromatic N) is 9. The van der Waals surface area contributed by atoms with Crippen LogP contribution in [0.3, 0.4) is 0 Å². The number of hydrogen-bond acceptors (Lipinski definition) is 13. The van der Waals surface area contributed by atoms with Crippen LogP contribution in [-0.2, 0) is 62.3 Å². The largest absolute Gasteiger partial charge is 0.393 e. The van der Waals surface area contributed by atoms with Crippen molar-refractivity contribution in [3.05, 3.63) is 0 Å². The monoisotopic (exact) mass is 1480 g/mol. The van der Waals surface area contributed by atoms with Crippen LogP contribution >= 0.6 is 11.6 Å². The van der Waals surface area contributed by atoms with Crippen LogP contribution in [0, 0.1) is 35.5 Å². The van der Waals surface area contributed by atoms with Crippen molar-refractivity contribution in [1.29, 1.82) is 0 Å². The number of carbonyl (C=O) groups is 12. The van der Waals surface area contributed by atoms with E-state index < -0.39 is 181 Å². The highest BCUT2D eigenvalue weighted by Crippen LogP contribution is 2.44. The summed E-state index contributed by atoms with van der Waals surface area (Å²) in [5, 5.41) is 7.50. The fraction of sp³-hybridized carbons (Fsp3) is 0.838. The fourth-order valence-corrected chi connectivity index (χ4v) is 16.8. The fourth-order valence-electron chi connectivity index (χ4n) is 16.3. The van der Waals surface area contributed by atoms with Gasteiger partial charge in [-0.3, -0.25) is 57.5 Å². The summed E-state index contributed by atoms with van der Waals surface area (Å²) in [6.07, 6.45) is 6.95. The van der Waals surface area contributed by atoms with Crippen molar-refractivity contribution in [2.45, 2.75) is 255 Å². The van der Waals surface area contributed by atoms with E-state index in [1.54, 1.807) is 18.7 Å². The molecule has 12 amide bonds. The first-order chi connectivity index (χ1) is 48.6. The SMILES string of the molecule is CCOCCN1CC(=O)NC2(CCCC2)C(=O)N(C)[C@@H](C2CCCCC2)C(=O)N(C)[C@H](C(=O)N2CCCCC2)CC(=O)N(C)[C@@H](CC(C)C)C(=O)N[C@@H]([C@@H](C)CC)C(=O)N(C)CC(=O)N(C)CC(=O)N(C)[C@@H](CC2CCCCC2)C(=O)N(C)CC(=O)N[C@@H](CCC2CCC(C(F)(F)F)C(Cl)C2)C1=O. The molecule has 29 heteroatoms. The van der Waals surface area contributed by atoms with Gasteiger partial charge in [0, 0.05) is 81.0 Å². The zero-order valence-electron chi connectivity index (χ0n) is 63.6. The highest BCUT2D eigenvalue weighted by atomic mass is 35.5. The summed E-state index contributed by atoms with van der Waals surface area (Å²) < 4.78 is 47.9. The van der Waals surface area contributed by atoms with Crippen LogP contribution in [0.5, 0.6) is 0 Å². The molecule has 0 aromatic carbocycles. The summed E-state index contributed by atoms with van der Waals surface area (Å²) in [6, 6.07) is -7.52. The van der Waals surface area contributed by atoms with Crippen LogP contribution in [0.2, 0.25) is 0 Å². The van der Waals surface area contributed by atoms with E-state index in [-0.39, 0.29) is 89.4 Å². The van der Waals surface area contributed by atoms with Gasteiger partial charge in [0.2, 0.25) is 70.9 Å². The van der Waals surface area contributed by atoms with Gasteiger partial charge in [0.1, 0.15) is 41.8 Å². The topological polar surface area (TPSA) is 279 Å². The van der Waals surface area contributed by atoms with E-state index in [4.69, 9.17) is 16.3 Å². The van der Waals surface area contributed by atoms with Crippen LogP contribution in [0.25, 0.3) is 0 Å². The van der Waals surface area contributed by atoms with E-state index in [1.165, 1.54) is 73.8 Å². The lowest BCUT2D eigenvalue weighted by Gasteiger charge is -2.43. The highest BCUT2D eigenvalue weighted by molar-refractivity contribution is 6.20. The van der Waals surface area contributed by atoms with Crippen molar-refractivity contribution in [1.82, 2.24) is 60.0 Å². The lowest BCUT2D eigenvalue weighted by molar-refractivity contribution is -0.182. The molecule has 10 atom stereocenters. The smallest absolute Gasteiger partial charge is 0.380 e. The molecule has 3 N–H and O–H groups in total. The van der Waals surface area contributed by atoms with Gasteiger partial charge in [0.05, 0.1) is 45.1 Å². The van der Waals surface area contributed by atoms with Crippen molar-refractivity contribution >= 4 is 82.5 Å². The average Bonchev–Trinajstić information content (AvgIpc) is 1.77. The third-order valence-electron chi connectivity index (χ3n) is 23.0. The number of halogens is 4. The predicted molar refractivity (Wildman–Crippen MR) is 383 cm³/mol. The quantitative estimate of drug-likeness (QED) is 0.119. The Morgan fingerprint density at radius 2 is 1.19 bits per heavy atom. The second kappa shape index (κ2) is 39.9. The number of nitrogens with one attached hydrogen (secondary N) is 3. The normalized spacial score (nSPS) is 28.3. The molecule has 2 aliphatic heterocycles. The Bertz CT molecular complexity index is 2910. The summed E-state index contributed by atoms with van der Waals surface area (Å²) >= 11 is 6.42. The molecule has 4 aliphatic carbocycles. The van der Waals surface area contributed by atoms with Crippen LogP contribution in [0.1, 0.15) is 202 Å². The first-order valence-corrected chi connectivity index (χ1v) is 38.6. The number of ether oxygens (including phenoxy) is 1. The molecular formula is C74H122ClF3N12O13. The molecule has 1 spiro atoms. The minimum atomic E-state index is -4.52. The van der Waals surface area contributed by atoms with E-state index in [0.717, 1.165) is 72.5 Å². The summed E-state index contributed by atoms with van der Waals surface area (Å²) in [7, 11) is 10.0. The Kier molecular flexibility index (Phi) is 33.1. The maximum atomic E-state index is 15.8. The molecule has 4 saturated carbocycles. The number of piperidine rings is 1. The lowest BCUT2D eigenvalue weighted by atomic mass is 9.78. The number of hydrogen-bond donors (Lipinski definition) is 3. The number of rotatable bonds is 15. The first-order valence-electron chi connectivity index (χ1n) is 38.2. The van der Waals surface area contributed by atoms with E-state index in [9.17, 15) is 46.7 Å². The van der Waals surface area contributed by atoms with E-state index in [1.807, 2.05) is 20.8 Å². The number of amides is 12. The molecule has 6 aliphatic rings. The maximum absolute atomic E-state index is 15.8. The van der Waals surface area contributed by atoms with Crippen LogP contribution in [0.15, 0.2) is 0 Å². The van der Waals surface area contributed by atoms with Crippen molar-refractivity contribution < 1.29 is 75.4 Å². The molecular weight excluding hydrogens is 1360 g/mol. The van der Waals surface area contributed by atoms with E-state index in [0.29, 0.717) is 58.0 Å². The van der Waals surface area contributed by atoms with Crippen LogP contribution < -0.4 is 16.0 Å². The Morgan fingerprint density at radius 3 is 1.79 bits per heavy atom. The van der Waals surface area contributed by atoms with Gasteiger partial charge in [-0.25, -0.2) is 0 Å². The van der Waals surface area contributed by atoms with Gasteiger partial charge in [-0.1, -0.05) is 98.3 Å². The molecule has 0 aromatic rings. The standard InChI is InChI=1S/C74H122ClF3N12O13/c1-13-49(5)64-70(100)84(8)46-62(94)82(6)47-63(95)86(10)57(42-50-26-18-15-19-27-50)68(98)83(7)44-59(91)79-55(33-31-51-30-32-53(54(75)41-51)74(76,77)78)67(97)90(38-39-103-14-2)45-60(92)81-73(34-22-23-35-73)72(102)88(12)65(52-28-20-16-21-29-52)71(101)87(11)58(69(99)89-36-24-17-25-37-89)43-61(93)85(9)56(40-48(3)4)66(96)80-64/h48-58,64-65H,13-47H2,1-12H3,(H,79,91)(H,80,96)(H,81,92)/t49-,51?,53?,54?,55-,56-,57-,58-,64-,65-/m0/s1. The first kappa shape index (κ1) is 85.6. The molecule has 6 rings (SSSR count). The van der Waals surface area contributed by atoms with Crippen molar-refractivity contribution in [3.8, 4) is 0 Å². The van der Waals surface area contributed by atoms with Crippen molar-refractivity contribution in [2.24, 2.45) is 35.5 Å². The summed E-state index contributed by atoms with van der Waals surface area (Å²) in [5.41, 5.74) is -1.59. The number of likely N-dealkylation sites (N-methyl/N-ethyl adjacent to an activating group) is 7. The van der Waals surface area contributed by atoms with E-state index >= 15 is 24.0 Å². The molecule has 3 unspecified atom stereocenters. The number of carbonyl (C=O) groups excluding carboxylic acids is 12. The molecule has 103 heavy (non-hydrogen) atoms. The highest BCUT2D eigenvalue weighted by Gasteiger charge is 2.51. The number of likely N-dealkylation sites (tertiary alicyclic amines) is 1. The van der Waals surface area contributed by atoms with Crippen molar-refractivity contribution in [2.75, 3.05) is 108 Å². The van der Waals surface area contributed by atoms with Gasteiger partial charge >= 0.3 is 6.18 Å². The zero-order valence-corrected chi connectivity index (χ0v) is 64.4. The Balaban J connectivity index is 1.44. The van der Waals surface area contributed by atoms with Crippen molar-refractivity contribution in [3.63, 3.8) is 0 Å². The Labute approximate surface area is 614 Å². The van der Waals surface area contributed by atoms with Gasteiger partial charge in [-0.2, -0.15) is 13.2 Å². The third-order valence-corrected chi connectivity index (χ3v) is 23.5. The van der Waals surface area contributed by atoms with Gasteiger partial charge in [-0.15, -0.1) is 11.6 Å². The predicted octanol–water partition coefficient (Wildman–Crippen LogP) is 6.36. The van der Waals surface area contributed by atoms with Gasteiger partial charge in [0.25, 0.3) is 0 Å². The second-order valence-electron chi connectivity index (χ2n) is 31.1. The van der Waals surface area contributed by atoms with Gasteiger partial charge in [-0.05, 0) is 126 Å². The molecule has 2 saturated heterocycles. The minimum Gasteiger partial charge on any atom is -0.380 e. The molecule has 584 valence electrons. The molecule has 6 fully saturated rings. The number of alkyl halides is 4. The summed E-state index contributed by atoms with van der Waals surface area (Å²) in [6.45, 7) is 7.49. The molecule has 2 heterocycles. The summed E-state index contributed by atoms with van der Waals surface area (Å²) in [5.74, 6) is -11.0. The zero-order chi connectivity index (χ0) is 76.2. The summed E-state index contributed by atoms with van der Waals surface area (Å²) in [4.78, 5) is 191. The minimum absolute atomic E-state index is 0.0193. The van der Waals surface area contributed by atoms with Gasteiger partial charge < -0.3 is 64.8 Å².